The second-order valence-corrected chi connectivity index (χ2v) is 5.61. The Balaban J connectivity index is 2.06. The first-order valence-corrected chi connectivity index (χ1v) is 8.41. The molecule has 0 aromatic heterocycles. The molecule has 0 aliphatic carbocycles. The van der Waals surface area contributed by atoms with Crippen LogP contribution in [0, 0.1) is 11.3 Å². The van der Waals surface area contributed by atoms with Crippen molar-refractivity contribution >= 4 is 23.6 Å². The summed E-state index contributed by atoms with van der Waals surface area (Å²) in [7, 11) is 1.56. The van der Waals surface area contributed by atoms with E-state index < -0.39 is 11.9 Å². The van der Waals surface area contributed by atoms with Crippen molar-refractivity contribution in [3.05, 3.63) is 65.2 Å². The van der Waals surface area contributed by atoms with E-state index >= 15 is 0 Å². The predicted octanol–water partition coefficient (Wildman–Crippen LogP) is 3.81. The summed E-state index contributed by atoms with van der Waals surface area (Å²) in [5, 5.41) is 11.9. The summed E-state index contributed by atoms with van der Waals surface area (Å²) in [5.41, 5.74) is 1.54. The average Bonchev–Trinajstić information content (AvgIpc) is 2.71. The number of benzene rings is 2. The van der Waals surface area contributed by atoms with Gasteiger partial charge in [0.2, 0.25) is 0 Å². The van der Waals surface area contributed by atoms with Crippen LogP contribution in [0.1, 0.15) is 29.3 Å². The van der Waals surface area contributed by atoms with Crippen LogP contribution >= 0.6 is 0 Å². The molecule has 1 N–H and O–H groups in total. The number of nitrogens with zero attached hydrogens (tertiary/aromatic N) is 1. The van der Waals surface area contributed by atoms with Crippen molar-refractivity contribution in [1.82, 2.24) is 0 Å². The van der Waals surface area contributed by atoms with E-state index in [1.165, 1.54) is 6.08 Å². The van der Waals surface area contributed by atoms with Crippen LogP contribution in [-0.4, -0.2) is 25.6 Å². The van der Waals surface area contributed by atoms with E-state index in [2.05, 4.69) is 5.32 Å². The highest BCUT2D eigenvalue weighted by atomic mass is 16.5. The first-order valence-electron chi connectivity index (χ1n) is 8.41. The van der Waals surface area contributed by atoms with Crippen LogP contribution < -0.4 is 10.1 Å². The minimum absolute atomic E-state index is 0.0356. The molecule has 0 atom stereocenters. The first-order chi connectivity index (χ1) is 13.1. The summed E-state index contributed by atoms with van der Waals surface area (Å²) in [6, 6.07) is 15.2. The van der Waals surface area contributed by atoms with E-state index in [-0.39, 0.29) is 5.57 Å². The van der Waals surface area contributed by atoms with E-state index in [0.29, 0.717) is 29.2 Å². The first kappa shape index (κ1) is 19.7. The third-order valence-electron chi connectivity index (χ3n) is 3.61. The maximum Gasteiger partial charge on any atom is 0.338 e. The highest BCUT2D eigenvalue weighted by molar-refractivity contribution is 6.09. The molecule has 2 rings (SSSR count). The van der Waals surface area contributed by atoms with Crippen molar-refractivity contribution in [1.29, 1.82) is 5.26 Å². The van der Waals surface area contributed by atoms with Crippen molar-refractivity contribution in [3.63, 3.8) is 0 Å². The van der Waals surface area contributed by atoms with E-state index in [1.807, 2.05) is 13.0 Å². The highest BCUT2D eigenvalue weighted by Crippen LogP contribution is 2.16. The highest BCUT2D eigenvalue weighted by Gasteiger charge is 2.11. The van der Waals surface area contributed by atoms with Crippen LogP contribution in [0.4, 0.5) is 5.69 Å². The second kappa shape index (κ2) is 9.78. The molecule has 0 saturated heterocycles. The van der Waals surface area contributed by atoms with Crippen LogP contribution in [0.15, 0.2) is 54.1 Å². The number of anilines is 1. The minimum atomic E-state index is -0.533. The molecule has 2 aromatic carbocycles. The van der Waals surface area contributed by atoms with Gasteiger partial charge in [-0.3, -0.25) is 4.79 Å². The fourth-order valence-electron chi connectivity index (χ4n) is 2.18. The summed E-state index contributed by atoms with van der Waals surface area (Å²) < 4.78 is 10.1. The summed E-state index contributed by atoms with van der Waals surface area (Å²) in [6.07, 6.45) is 2.24. The summed E-state index contributed by atoms with van der Waals surface area (Å²) in [4.78, 5) is 24.1. The number of nitriles is 1. The minimum Gasteiger partial charge on any atom is -0.497 e. The van der Waals surface area contributed by atoms with Gasteiger partial charge in [-0.2, -0.15) is 5.26 Å². The summed E-state index contributed by atoms with van der Waals surface area (Å²) in [6.45, 7) is 2.27. The molecule has 138 valence electrons. The average molecular weight is 364 g/mol. The Bertz CT molecular complexity index is 863. The number of amides is 1. The normalized spacial score (nSPS) is 10.6. The molecule has 6 nitrogen and oxygen atoms in total. The maximum atomic E-state index is 12.3. The monoisotopic (exact) mass is 364 g/mol. The molecule has 0 aliphatic rings. The van der Waals surface area contributed by atoms with Gasteiger partial charge in [0.25, 0.3) is 5.91 Å². The van der Waals surface area contributed by atoms with Crippen molar-refractivity contribution in [3.8, 4) is 11.8 Å². The van der Waals surface area contributed by atoms with Crippen molar-refractivity contribution in [2.45, 2.75) is 13.3 Å². The number of hydrogen-bond donors (Lipinski definition) is 1. The Morgan fingerprint density at radius 3 is 2.33 bits per heavy atom. The zero-order valence-corrected chi connectivity index (χ0v) is 15.2. The van der Waals surface area contributed by atoms with Crippen LogP contribution in [0.25, 0.3) is 6.08 Å². The van der Waals surface area contributed by atoms with Gasteiger partial charge in [-0.1, -0.05) is 19.1 Å². The van der Waals surface area contributed by atoms with Gasteiger partial charge in [0.05, 0.1) is 19.3 Å². The largest absolute Gasteiger partial charge is 0.497 e. The molecular weight excluding hydrogens is 344 g/mol. The summed E-state index contributed by atoms with van der Waals surface area (Å²) >= 11 is 0. The lowest BCUT2D eigenvalue weighted by Crippen LogP contribution is -2.13. The molecule has 0 bridgehead atoms. The fourth-order valence-corrected chi connectivity index (χ4v) is 2.18. The SMILES string of the molecule is CCCOC(=O)c1ccc(NC(=O)C(C#N)=Cc2ccc(OC)cc2)cc1. The zero-order chi connectivity index (χ0) is 19.6. The molecule has 27 heavy (non-hydrogen) atoms. The molecule has 0 heterocycles. The predicted molar refractivity (Wildman–Crippen MR) is 102 cm³/mol. The molecule has 0 spiro atoms. The van der Waals surface area contributed by atoms with Crippen molar-refractivity contribution in [2.24, 2.45) is 0 Å². The smallest absolute Gasteiger partial charge is 0.338 e. The number of carbonyl (C=O) groups excluding carboxylic acids is 2. The van der Waals surface area contributed by atoms with Gasteiger partial charge in [0.1, 0.15) is 17.4 Å². The van der Waals surface area contributed by atoms with Crippen LogP contribution in [0.5, 0.6) is 5.75 Å². The Kier molecular flexibility index (Phi) is 7.15. The number of ether oxygens (including phenoxy) is 2. The van der Waals surface area contributed by atoms with Gasteiger partial charge in [-0.05, 0) is 54.5 Å². The van der Waals surface area contributed by atoms with Crippen LogP contribution in [0.2, 0.25) is 0 Å². The van der Waals surface area contributed by atoms with E-state index in [1.54, 1.807) is 55.6 Å². The molecule has 0 saturated carbocycles. The summed E-state index contributed by atoms with van der Waals surface area (Å²) in [5.74, 6) is -0.255. The molecule has 0 aliphatic heterocycles. The molecule has 6 heteroatoms. The van der Waals surface area contributed by atoms with Gasteiger partial charge in [-0.25, -0.2) is 4.79 Å². The molecule has 2 aromatic rings. The Labute approximate surface area is 158 Å². The third-order valence-corrected chi connectivity index (χ3v) is 3.61. The standard InChI is InChI=1S/C21H20N2O4/c1-3-12-27-21(25)16-6-8-18(9-7-16)23-20(24)17(14-22)13-15-4-10-19(26-2)11-5-15/h4-11,13H,3,12H2,1-2H3,(H,23,24). The lowest BCUT2D eigenvalue weighted by atomic mass is 10.1. The van der Waals surface area contributed by atoms with Crippen LogP contribution in [-0.2, 0) is 9.53 Å². The number of rotatable bonds is 7. The van der Waals surface area contributed by atoms with Gasteiger partial charge < -0.3 is 14.8 Å². The number of esters is 1. The fraction of sp³-hybridized carbons (Fsp3) is 0.190. The second-order valence-electron chi connectivity index (χ2n) is 5.61. The topological polar surface area (TPSA) is 88.4 Å². The quantitative estimate of drug-likeness (QED) is 0.458. The van der Waals surface area contributed by atoms with E-state index in [9.17, 15) is 14.9 Å². The lowest BCUT2D eigenvalue weighted by Gasteiger charge is -2.06. The number of nitrogens with one attached hydrogen (secondary N) is 1. The van der Waals surface area contributed by atoms with E-state index in [0.717, 1.165) is 6.42 Å². The van der Waals surface area contributed by atoms with Gasteiger partial charge >= 0.3 is 5.97 Å². The van der Waals surface area contributed by atoms with Crippen LogP contribution in [0.3, 0.4) is 0 Å². The molecule has 1 amide bonds. The van der Waals surface area contributed by atoms with Crippen molar-refractivity contribution < 1.29 is 19.1 Å². The maximum absolute atomic E-state index is 12.3. The van der Waals surface area contributed by atoms with E-state index in [4.69, 9.17) is 9.47 Å². The third kappa shape index (κ3) is 5.72. The molecule has 0 unspecified atom stereocenters. The van der Waals surface area contributed by atoms with Crippen molar-refractivity contribution in [2.75, 3.05) is 19.0 Å². The number of hydrogen-bond acceptors (Lipinski definition) is 5. The van der Waals surface area contributed by atoms with Gasteiger partial charge in [0, 0.05) is 5.69 Å². The zero-order valence-electron chi connectivity index (χ0n) is 15.2. The number of methoxy groups -OCH3 is 1. The molecule has 0 radical (unpaired) electrons. The molecular formula is C21H20N2O4. The lowest BCUT2D eigenvalue weighted by molar-refractivity contribution is -0.112. The molecule has 0 fully saturated rings. The Morgan fingerprint density at radius 1 is 1.11 bits per heavy atom. The Hall–Kier alpha value is -3.59. The Morgan fingerprint density at radius 2 is 1.78 bits per heavy atom. The number of carbonyl (C=O) groups is 2. The van der Waals surface area contributed by atoms with Gasteiger partial charge in [0.15, 0.2) is 0 Å². The van der Waals surface area contributed by atoms with Gasteiger partial charge in [-0.15, -0.1) is 0 Å².